The number of hydrogen-bond acceptors (Lipinski definition) is 4. The van der Waals surface area contributed by atoms with Crippen LogP contribution in [0, 0.1) is 0 Å². The number of benzene rings is 2. The van der Waals surface area contributed by atoms with E-state index in [1.165, 1.54) is 4.90 Å². The Bertz CT molecular complexity index is 1130. The van der Waals surface area contributed by atoms with Crippen LogP contribution in [0.1, 0.15) is 30.9 Å². The van der Waals surface area contributed by atoms with Gasteiger partial charge in [-0.25, -0.2) is 4.79 Å². The van der Waals surface area contributed by atoms with Crippen molar-refractivity contribution >= 4 is 28.8 Å². The molecule has 2 aromatic carbocycles. The van der Waals surface area contributed by atoms with Crippen LogP contribution >= 0.6 is 0 Å². The minimum Gasteiger partial charge on any atom is -0.444 e. The van der Waals surface area contributed by atoms with Gasteiger partial charge < -0.3 is 20.4 Å². The van der Waals surface area contributed by atoms with Crippen LogP contribution in [0.5, 0.6) is 0 Å². The first-order valence-electron chi connectivity index (χ1n) is 11.2. The van der Waals surface area contributed by atoms with E-state index in [1.807, 2.05) is 67.7 Å². The number of nitrogens with zero attached hydrogens (tertiary/aromatic N) is 1. The van der Waals surface area contributed by atoms with Crippen LogP contribution in [0.3, 0.4) is 0 Å². The van der Waals surface area contributed by atoms with Gasteiger partial charge in [-0.15, -0.1) is 0 Å². The fourth-order valence-electron chi connectivity index (χ4n) is 3.96. The number of hydrogen-bond donors (Lipinski definition) is 3. The van der Waals surface area contributed by atoms with E-state index in [2.05, 4.69) is 15.6 Å². The molecule has 0 bridgehead atoms. The smallest absolute Gasteiger partial charge is 0.412 e. The maximum atomic E-state index is 12.9. The molecule has 1 aliphatic heterocycles. The summed E-state index contributed by atoms with van der Waals surface area (Å²) in [5.41, 5.74) is 2.76. The number of ether oxygens (including phenoxy) is 1. The maximum Gasteiger partial charge on any atom is 0.412 e. The van der Waals surface area contributed by atoms with E-state index in [0.29, 0.717) is 19.4 Å². The number of para-hydroxylation sites is 1. The average Bonchev–Trinajstić information content (AvgIpc) is 3.24. The molecule has 2 atom stereocenters. The number of fused-ring (bicyclic) bond motifs is 1. The third kappa shape index (κ3) is 5.16. The zero-order chi connectivity index (χ0) is 23.2. The summed E-state index contributed by atoms with van der Waals surface area (Å²) in [6.45, 7) is 2.38. The van der Waals surface area contributed by atoms with Gasteiger partial charge in [0, 0.05) is 30.1 Å². The fourth-order valence-corrected chi connectivity index (χ4v) is 3.96. The summed E-state index contributed by atoms with van der Waals surface area (Å²) < 4.78 is 5.44. The van der Waals surface area contributed by atoms with E-state index >= 15 is 0 Å². The van der Waals surface area contributed by atoms with Crippen molar-refractivity contribution in [3.63, 3.8) is 0 Å². The third-order valence-electron chi connectivity index (χ3n) is 5.76. The Labute approximate surface area is 192 Å². The number of carbonyl (C=O) groups is 3. The van der Waals surface area contributed by atoms with E-state index in [-0.39, 0.29) is 12.5 Å². The molecule has 8 heteroatoms. The van der Waals surface area contributed by atoms with Crippen LogP contribution in [0.2, 0.25) is 0 Å². The molecule has 172 valence electrons. The number of amides is 3. The van der Waals surface area contributed by atoms with Crippen LogP contribution in [-0.4, -0.2) is 46.5 Å². The Morgan fingerprint density at radius 3 is 2.55 bits per heavy atom. The summed E-state index contributed by atoms with van der Waals surface area (Å²) in [6.07, 6.45) is 1.97. The molecule has 33 heavy (non-hydrogen) atoms. The van der Waals surface area contributed by atoms with Crippen LogP contribution in [-0.2, 0) is 27.4 Å². The minimum absolute atomic E-state index is 0.0910. The van der Waals surface area contributed by atoms with Crippen molar-refractivity contribution in [3.05, 3.63) is 71.9 Å². The van der Waals surface area contributed by atoms with Gasteiger partial charge >= 0.3 is 6.09 Å². The van der Waals surface area contributed by atoms with Gasteiger partial charge in [0.25, 0.3) is 5.91 Å². The number of unbranched alkanes of at least 4 members (excludes halogenated alkanes) is 1. The highest BCUT2D eigenvalue weighted by Crippen LogP contribution is 2.20. The Morgan fingerprint density at radius 1 is 1.00 bits per heavy atom. The summed E-state index contributed by atoms with van der Waals surface area (Å²) in [5, 5.41) is 6.53. The lowest BCUT2D eigenvalue weighted by Crippen LogP contribution is -2.68. The molecule has 0 aliphatic carbocycles. The summed E-state index contributed by atoms with van der Waals surface area (Å²) in [6, 6.07) is 16.4. The number of piperazine rings is 1. The van der Waals surface area contributed by atoms with Gasteiger partial charge in [-0.2, -0.15) is 0 Å². The predicted molar refractivity (Wildman–Crippen MR) is 124 cm³/mol. The van der Waals surface area contributed by atoms with Crippen molar-refractivity contribution < 1.29 is 19.1 Å². The van der Waals surface area contributed by atoms with Gasteiger partial charge in [0.2, 0.25) is 5.91 Å². The van der Waals surface area contributed by atoms with Crippen molar-refractivity contribution in [1.29, 1.82) is 0 Å². The second-order valence-electron chi connectivity index (χ2n) is 8.12. The lowest BCUT2D eigenvalue weighted by molar-refractivity contribution is -0.140. The zero-order valence-corrected chi connectivity index (χ0v) is 18.5. The molecule has 1 saturated heterocycles. The topological polar surface area (TPSA) is 104 Å². The SMILES string of the molecule is CCCCN(C(=O)OCc1ccccc1)[C@@H]1NC(=O)[C@H](Cc2c[nH]c3ccccc23)NC1=O. The quantitative estimate of drug-likeness (QED) is 0.493. The summed E-state index contributed by atoms with van der Waals surface area (Å²) in [4.78, 5) is 43.1. The molecule has 1 aliphatic rings. The first kappa shape index (κ1) is 22.4. The summed E-state index contributed by atoms with van der Waals surface area (Å²) in [5.74, 6) is -0.755. The molecular formula is C25H28N4O4. The van der Waals surface area contributed by atoms with E-state index in [4.69, 9.17) is 4.74 Å². The number of rotatable bonds is 8. The average molecular weight is 449 g/mol. The molecular weight excluding hydrogens is 420 g/mol. The monoisotopic (exact) mass is 448 g/mol. The summed E-state index contributed by atoms with van der Waals surface area (Å²) >= 11 is 0. The summed E-state index contributed by atoms with van der Waals surface area (Å²) in [7, 11) is 0. The highest BCUT2D eigenvalue weighted by Gasteiger charge is 2.39. The molecule has 3 amide bonds. The molecule has 3 N–H and O–H groups in total. The van der Waals surface area contributed by atoms with Gasteiger partial charge in [0.05, 0.1) is 0 Å². The van der Waals surface area contributed by atoms with Crippen LogP contribution < -0.4 is 10.6 Å². The highest BCUT2D eigenvalue weighted by molar-refractivity contribution is 5.98. The van der Waals surface area contributed by atoms with Crippen LogP contribution in [0.25, 0.3) is 10.9 Å². The molecule has 0 unspecified atom stereocenters. The molecule has 1 aromatic heterocycles. The Kier molecular flexibility index (Phi) is 6.92. The van der Waals surface area contributed by atoms with Crippen LogP contribution in [0.4, 0.5) is 4.79 Å². The van der Waals surface area contributed by atoms with E-state index in [0.717, 1.165) is 28.5 Å². The molecule has 2 heterocycles. The molecule has 1 fully saturated rings. The number of aromatic amines is 1. The number of carbonyl (C=O) groups excluding carboxylic acids is 3. The second kappa shape index (κ2) is 10.2. The number of nitrogens with one attached hydrogen (secondary N) is 3. The maximum absolute atomic E-state index is 12.9. The number of H-pyrrole nitrogens is 1. The lowest BCUT2D eigenvalue weighted by Gasteiger charge is -2.36. The van der Waals surface area contributed by atoms with Gasteiger partial charge in [0.1, 0.15) is 12.6 Å². The van der Waals surface area contributed by atoms with Crippen molar-refractivity contribution in [3.8, 4) is 0 Å². The first-order chi connectivity index (χ1) is 16.1. The standard InChI is InChI=1S/C25H28N4O4/c1-2-3-13-29(25(32)33-16-17-9-5-4-6-10-17)22-24(31)27-21(23(30)28-22)14-18-15-26-20-12-8-7-11-19(18)20/h4-12,15,21-22,26H,2-3,13-14,16H2,1H3,(H,27,31)(H,28,30)/t21-,22-/m0/s1. The predicted octanol–water partition coefficient (Wildman–Crippen LogP) is 3.09. The Morgan fingerprint density at radius 2 is 1.76 bits per heavy atom. The van der Waals surface area contributed by atoms with E-state index in [1.54, 1.807) is 0 Å². The van der Waals surface area contributed by atoms with Crippen molar-refractivity contribution in [1.82, 2.24) is 20.5 Å². The van der Waals surface area contributed by atoms with Crippen LogP contribution in [0.15, 0.2) is 60.8 Å². The van der Waals surface area contributed by atoms with E-state index in [9.17, 15) is 14.4 Å². The minimum atomic E-state index is -1.11. The van der Waals surface area contributed by atoms with Gasteiger partial charge in [-0.1, -0.05) is 61.9 Å². The molecule has 0 radical (unpaired) electrons. The van der Waals surface area contributed by atoms with Crippen molar-refractivity contribution in [2.24, 2.45) is 0 Å². The second-order valence-corrected chi connectivity index (χ2v) is 8.12. The largest absolute Gasteiger partial charge is 0.444 e. The first-order valence-corrected chi connectivity index (χ1v) is 11.2. The van der Waals surface area contributed by atoms with Crippen molar-refractivity contribution in [2.75, 3.05) is 6.54 Å². The molecule has 3 aromatic rings. The normalized spacial score (nSPS) is 18.0. The molecule has 4 rings (SSSR count). The highest BCUT2D eigenvalue weighted by atomic mass is 16.6. The van der Waals surface area contributed by atoms with Gasteiger partial charge in [-0.3, -0.25) is 14.5 Å². The third-order valence-corrected chi connectivity index (χ3v) is 5.76. The molecule has 8 nitrogen and oxygen atoms in total. The molecule has 0 spiro atoms. The molecule has 0 saturated carbocycles. The van der Waals surface area contributed by atoms with Gasteiger partial charge in [0.15, 0.2) is 6.17 Å². The zero-order valence-electron chi connectivity index (χ0n) is 18.5. The number of aromatic nitrogens is 1. The Hall–Kier alpha value is -3.81. The Balaban J connectivity index is 1.43. The van der Waals surface area contributed by atoms with Crippen molar-refractivity contribution in [2.45, 2.75) is 45.0 Å². The van der Waals surface area contributed by atoms with E-state index < -0.39 is 24.2 Å². The van der Waals surface area contributed by atoms with Gasteiger partial charge in [-0.05, 0) is 23.6 Å². The fraction of sp³-hybridized carbons (Fsp3) is 0.320. The lowest BCUT2D eigenvalue weighted by atomic mass is 10.0.